The fourth-order valence-corrected chi connectivity index (χ4v) is 8.15. The Kier molecular flexibility index (Phi) is 11.9. The molecule has 3 aromatic carbocycles. The molecule has 0 saturated carbocycles. The Morgan fingerprint density at radius 2 is 1.74 bits per heavy atom. The Morgan fingerprint density at radius 3 is 2.36 bits per heavy atom. The third kappa shape index (κ3) is 9.59. The summed E-state index contributed by atoms with van der Waals surface area (Å²) in [5.74, 6) is -1.01. The average Bonchev–Trinajstić information content (AvgIpc) is 3.63. The van der Waals surface area contributed by atoms with Crippen molar-refractivity contribution in [2.45, 2.75) is 62.9 Å². The van der Waals surface area contributed by atoms with Gasteiger partial charge in [-0.1, -0.05) is 18.2 Å². The largest absolute Gasteiger partial charge is 0.497 e. The van der Waals surface area contributed by atoms with Gasteiger partial charge in [-0.15, -0.1) is 11.3 Å². The number of carbonyl (C=O) groups excluding carboxylic acids is 1. The molecule has 0 radical (unpaired) electrons. The molecule has 1 aliphatic rings. The number of allylic oxidation sites excluding steroid dienone is 1. The first-order valence-corrected chi connectivity index (χ1v) is 18.7. The third-order valence-corrected chi connectivity index (χ3v) is 11.0. The monoisotopic (exact) mass is 777 g/mol. The van der Waals surface area contributed by atoms with Crippen molar-refractivity contribution in [3.8, 4) is 17.2 Å². The van der Waals surface area contributed by atoms with Gasteiger partial charge in [0.15, 0.2) is 5.13 Å². The molecule has 10 nitrogen and oxygen atoms in total. The fraction of sp³-hybridized carbons (Fsp3) is 0.351. The number of benzene rings is 3. The zero-order valence-electron chi connectivity index (χ0n) is 29.6. The van der Waals surface area contributed by atoms with Crippen LogP contribution in [0.15, 0.2) is 83.2 Å². The number of rotatable bonds is 12. The van der Waals surface area contributed by atoms with Crippen molar-refractivity contribution in [1.29, 1.82) is 0 Å². The minimum Gasteiger partial charge on any atom is -0.497 e. The summed E-state index contributed by atoms with van der Waals surface area (Å²) in [6.45, 7) is 4.45. The molecule has 2 atom stereocenters. The molecule has 1 aliphatic carbocycles. The minimum atomic E-state index is -5.03. The second-order valence-electron chi connectivity index (χ2n) is 13.1. The van der Waals surface area contributed by atoms with E-state index in [1.54, 1.807) is 56.5 Å². The molecule has 5 rings (SSSR count). The number of anilines is 1. The maximum atomic E-state index is 14.7. The lowest BCUT2D eigenvalue weighted by Gasteiger charge is -2.34. The van der Waals surface area contributed by atoms with E-state index in [0.717, 1.165) is 27.8 Å². The standard InChI is InChI=1S/C37H39F4N3O7S2/c1-36(2,3)51-35(45)43-31-8-6-7-28(23-9-12-25(38)13-10-23)29(31)22-50-32-16-15-27(20-30(32)37(39,40)41)53(46,47)44(34-42-17-18-52-34)21-24-11-14-26(48-4)19-33(24)49-5/h7,9-20,29,31H,6,8,21-22H2,1-5H3,(H,43,45)/t29-,31-/m1/s1. The zero-order valence-corrected chi connectivity index (χ0v) is 31.2. The number of halogens is 4. The number of methoxy groups -OCH3 is 2. The second-order valence-corrected chi connectivity index (χ2v) is 15.8. The van der Waals surface area contributed by atoms with Crippen LogP contribution >= 0.6 is 11.3 Å². The van der Waals surface area contributed by atoms with Crippen molar-refractivity contribution in [2.75, 3.05) is 25.1 Å². The predicted octanol–water partition coefficient (Wildman–Crippen LogP) is 8.48. The van der Waals surface area contributed by atoms with Crippen molar-refractivity contribution in [2.24, 2.45) is 5.92 Å². The molecule has 0 aliphatic heterocycles. The number of thiazole rings is 1. The van der Waals surface area contributed by atoms with Gasteiger partial charge >= 0.3 is 12.3 Å². The van der Waals surface area contributed by atoms with Crippen molar-refractivity contribution in [3.05, 3.63) is 101 Å². The summed E-state index contributed by atoms with van der Waals surface area (Å²) in [5.41, 5.74) is -0.475. The summed E-state index contributed by atoms with van der Waals surface area (Å²) in [7, 11) is -1.79. The molecule has 53 heavy (non-hydrogen) atoms. The van der Waals surface area contributed by atoms with E-state index in [9.17, 15) is 30.8 Å². The Bertz CT molecular complexity index is 2030. The van der Waals surface area contributed by atoms with Crippen molar-refractivity contribution >= 4 is 38.2 Å². The third-order valence-electron chi connectivity index (χ3n) is 8.31. The van der Waals surface area contributed by atoms with Crippen LogP contribution in [-0.2, 0) is 27.5 Å². The highest BCUT2D eigenvalue weighted by Gasteiger charge is 2.39. The number of hydrogen-bond acceptors (Lipinski definition) is 9. The number of sulfonamides is 1. The maximum Gasteiger partial charge on any atom is 0.420 e. The summed E-state index contributed by atoms with van der Waals surface area (Å²) in [5, 5.41) is 4.40. The molecule has 1 amide bonds. The van der Waals surface area contributed by atoms with Crippen LogP contribution in [-0.4, -0.2) is 52.0 Å². The lowest BCUT2D eigenvalue weighted by atomic mass is 9.80. The summed E-state index contributed by atoms with van der Waals surface area (Å²) in [4.78, 5) is 16.3. The average molecular weight is 778 g/mol. The van der Waals surface area contributed by atoms with Gasteiger partial charge in [-0.3, -0.25) is 0 Å². The number of alkyl halides is 3. The topological polar surface area (TPSA) is 116 Å². The number of aromatic nitrogens is 1. The Balaban J connectivity index is 1.49. The van der Waals surface area contributed by atoms with E-state index in [1.807, 2.05) is 6.08 Å². The SMILES string of the molecule is COc1ccc(CN(c2nccs2)S(=O)(=O)c2ccc(OC[C@@H]3C(c4ccc(F)cc4)=CCC[C@H]3NC(=O)OC(C)(C)C)c(C(F)(F)F)c2)c(OC)c1. The van der Waals surface area contributed by atoms with Gasteiger partial charge in [0.25, 0.3) is 10.0 Å². The Labute approximate surface area is 309 Å². The molecule has 284 valence electrons. The molecule has 4 aromatic rings. The minimum absolute atomic E-state index is 0.0256. The van der Waals surface area contributed by atoms with Gasteiger partial charge in [0.05, 0.1) is 37.8 Å². The van der Waals surface area contributed by atoms with E-state index >= 15 is 0 Å². The summed E-state index contributed by atoms with van der Waals surface area (Å²) in [6, 6.07) is 12.3. The summed E-state index contributed by atoms with van der Waals surface area (Å²) in [6.07, 6.45) is -1.54. The smallest absolute Gasteiger partial charge is 0.420 e. The van der Waals surface area contributed by atoms with E-state index in [0.29, 0.717) is 47.1 Å². The first-order chi connectivity index (χ1) is 25.0. The molecule has 0 unspecified atom stereocenters. The number of ether oxygens (including phenoxy) is 4. The molecule has 1 heterocycles. The van der Waals surface area contributed by atoms with Crippen molar-refractivity contribution < 1.29 is 49.7 Å². The first-order valence-electron chi connectivity index (χ1n) is 16.4. The van der Waals surface area contributed by atoms with Crippen LogP contribution in [0.3, 0.4) is 0 Å². The Hall–Kier alpha value is -4.83. The number of amides is 1. The summed E-state index contributed by atoms with van der Waals surface area (Å²) >= 11 is 0.994. The summed E-state index contributed by atoms with van der Waals surface area (Å²) < 4.78 is 109. The Morgan fingerprint density at radius 1 is 1.00 bits per heavy atom. The van der Waals surface area contributed by atoms with Gasteiger partial charge in [0.1, 0.15) is 28.7 Å². The van der Waals surface area contributed by atoms with E-state index in [1.165, 1.54) is 32.5 Å². The molecular formula is C37H39F4N3O7S2. The predicted molar refractivity (Wildman–Crippen MR) is 192 cm³/mol. The molecule has 0 fully saturated rings. The van der Waals surface area contributed by atoms with Crippen LogP contribution in [0.2, 0.25) is 0 Å². The molecule has 1 aromatic heterocycles. The normalized spacial score (nSPS) is 16.4. The molecule has 0 spiro atoms. The van der Waals surface area contributed by atoms with Crippen LogP contribution in [0.4, 0.5) is 27.5 Å². The van der Waals surface area contributed by atoms with E-state index in [2.05, 4.69) is 10.3 Å². The molecule has 0 bridgehead atoms. The van der Waals surface area contributed by atoms with Gasteiger partial charge in [-0.05, 0) is 87.2 Å². The molecule has 0 saturated heterocycles. The van der Waals surface area contributed by atoms with Crippen molar-refractivity contribution in [1.82, 2.24) is 10.3 Å². The van der Waals surface area contributed by atoms with E-state index in [4.69, 9.17) is 18.9 Å². The fourth-order valence-electron chi connectivity index (χ4n) is 5.86. The second kappa shape index (κ2) is 16.0. The molecule has 16 heteroatoms. The van der Waals surface area contributed by atoms with E-state index < -0.39 is 61.9 Å². The van der Waals surface area contributed by atoms with Crippen LogP contribution in [0.25, 0.3) is 5.57 Å². The number of hydrogen-bond donors (Lipinski definition) is 1. The molecule has 1 N–H and O–H groups in total. The lowest BCUT2D eigenvalue weighted by Crippen LogP contribution is -2.46. The highest BCUT2D eigenvalue weighted by molar-refractivity contribution is 7.93. The number of alkyl carbamates (subject to hydrolysis) is 1. The zero-order chi connectivity index (χ0) is 38.6. The van der Waals surface area contributed by atoms with Gasteiger partial charge in [-0.2, -0.15) is 13.2 Å². The number of nitrogens with one attached hydrogen (secondary N) is 1. The van der Waals surface area contributed by atoms with E-state index in [-0.39, 0.29) is 18.3 Å². The highest BCUT2D eigenvalue weighted by atomic mass is 32.2. The van der Waals surface area contributed by atoms with Crippen LogP contribution in [0.5, 0.6) is 17.2 Å². The van der Waals surface area contributed by atoms with Gasteiger partial charge < -0.3 is 24.3 Å². The van der Waals surface area contributed by atoms with Gasteiger partial charge in [0.2, 0.25) is 0 Å². The lowest BCUT2D eigenvalue weighted by molar-refractivity contribution is -0.139. The quantitative estimate of drug-likeness (QED) is 0.143. The maximum absolute atomic E-state index is 14.7. The van der Waals surface area contributed by atoms with Crippen LogP contribution < -0.4 is 23.8 Å². The number of nitrogens with zero attached hydrogens (tertiary/aromatic N) is 2. The van der Waals surface area contributed by atoms with Crippen molar-refractivity contribution in [3.63, 3.8) is 0 Å². The highest BCUT2D eigenvalue weighted by Crippen LogP contribution is 2.41. The first kappa shape index (κ1) is 39.4. The van der Waals surface area contributed by atoms with Gasteiger partial charge in [0, 0.05) is 35.2 Å². The molecular weight excluding hydrogens is 739 g/mol. The van der Waals surface area contributed by atoms with Crippen LogP contribution in [0, 0.1) is 11.7 Å². The van der Waals surface area contributed by atoms with Gasteiger partial charge in [-0.25, -0.2) is 26.9 Å². The number of carbonyl (C=O) groups is 1. The van der Waals surface area contributed by atoms with Crippen LogP contribution in [0.1, 0.15) is 50.3 Å².